The average Bonchev–Trinajstić information content (AvgIpc) is 2.55. The number of rotatable bonds is 3. The zero-order chi connectivity index (χ0) is 17.4. The second-order valence-corrected chi connectivity index (χ2v) is 5.72. The average molecular weight is 338 g/mol. The van der Waals surface area contributed by atoms with Crippen LogP contribution < -0.4 is 10.4 Å². The van der Waals surface area contributed by atoms with Crippen LogP contribution in [0.1, 0.15) is 5.56 Å². The van der Waals surface area contributed by atoms with Crippen LogP contribution in [0.15, 0.2) is 33.5 Å². The second kappa shape index (κ2) is 6.50. The Bertz CT molecular complexity index is 783. The molecule has 1 aliphatic heterocycles. The monoisotopic (exact) mass is 338 g/mol. The minimum Gasteiger partial charge on any atom is -0.462 e. The molecule has 1 aromatic heterocycles. The van der Waals surface area contributed by atoms with Crippen LogP contribution in [-0.4, -0.2) is 57.7 Å². The van der Waals surface area contributed by atoms with Crippen LogP contribution in [0.3, 0.4) is 0 Å². The van der Waals surface area contributed by atoms with Gasteiger partial charge in [-0.1, -0.05) is 0 Å². The molecule has 4 N–H and O–H groups in total. The molecule has 2 aromatic rings. The van der Waals surface area contributed by atoms with Crippen LogP contribution in [0, 0.1) is 6.92 Å². The van der Waals surface area contributed by atoms with Gasteiger partial charge in [-0.15, -0.1) is 0 Å². The van der Waals surface area contributed by atoms with Crippen LogP contribution in [0.4, 0.5) is 0 Å². The van der Waals surface area contributed by atoms with Crippen LogP contribution in [0.25, 0.3) is 11.0 Å². The summed E-state index contributed by atoms with van der Waals surface area (Å²) in [5.74, 6) is 0.309. The predicted molar refractivity (Wildman–Crippen MR) is 81.6 cm³/mol. The molecule has 130 valence electrons. The van der Waals surface area contributed by atoms with Crippen LogP contribution in [0.5, 0.6) is 5.75 Å². The van der Waals surface area contributed by atoms with Crippen molar-refractivity contribution in [3.8, 4) is 5.75 Å². The lowest BCUT2D eigenvalue weighted by atomic mass is 9.99. The highest BCUT2D eigenvalue weighted by Crippen LogP contribution is 2.27. The Balaban J connectivity index is 1.87. The number of aliphatic hydroxyl groups excluding tert-OH is 4. The Hall–Kier alpha value is -1.97. The largest absolute Gasteiger partial charge is 0.462 e. The maximum atomic E-state index is 11.4. The lowest BCUT2D eigenvalue weighted by Crippen LogP contribution is -2.60. The zero-order valence-electron chi connectivity index (χ0n) is 12.8. The third-order valence-electron chi connectivity index (χ3n) is 4.02. The molecule has 1 saturated heterocycles. The SMILES string of the molecule is Cc1cc(=O)oc2ccc(O[C@@H]3OC(CO)[C@@H](O)[C@H](O)C3O)cc12. The smallest absolute Gasteiger partial charge is 0.336 e. The highest BCUT2D eigenvalue weighted by molar-refractivity contribution is 5.81. The van der Waals surface area contributed by atoms with Gasteiger partial charge in [0.25, 0.3) is 0 Å². The van der Waals surface area contributed by atoms with E-state index in [0.29, 0.717) is 22.3 Å². The Morgan fingerprint density at radius 1 is 1.12 bits per heavy atom. The third kappa shape index (κ3) is 3.02. The second-order valence-electron chi connectivity index (χ2n) is 5.72. The van der Waals surface area contributed by atoms with E-state index >= 15 is 0 Å². The molecule has 0 aliphatic carbocycles. The molecule has 8 heteroatoms. The predicted octanol–water partition coefficient (Wildman–Crippen LogP) is -0.720. The summed E-state index contributed by atoms with van der Waals surface area (Å²) in [4.78, 5) is 11.4. The zero-order valence-corrected chi connectivity index (χ0v) is 12.8. The molecule has 1 fully saturated rings. The number of aliphatic hydroxyl groups is 4. The molecular weight excluding hydrogens is 320 g/mol. The number of aryl methyl sites for hydroxylation is 1. The molecule has 1 aliphatic rings. The van der Waals surface area contributed by atoms with Gasteiger partial charge in [0.2, 0.25) is 6.29 Å². The summed E-state index contributed by atoms with van der Waals surface area (Å²) >= 11 is 0. The van der Waals surface area contributed by atoms with Crippen molar-refractivity contribution in [1.82, 2.24) is 0 Å². The summed E-state index contributed by atoms with van der Waals surface area (Å²) in [6.07, 6.45) is -6.77. The summed E-state index contributed by atoms with van der Waals surface area (Å²) in [6.45, 7) is 1.21. The fourth-order valence-electron chi connectivity index (χ4n) is 2.67. The molecular formula is C16H18O8. The van der Waals surface area contributed by atoms with Crippen LogP contribution in [-0.2, 0) is 4.74 Å². The fourth-order valence-corrected chi connectivity index (χ4v) is 2.67. The maximum absolute atomic E-state index is 11.4. The Morgan fingerprint density at radius 2 is 1.88 bits per heavy atom. The molecule has 0 radical (unpaired) electrons. The molecule has 1 aromatic carbocycles. The van der Waals surface area contributed by atoms with Crippen molar-refractivity contribution in [3.63, 3.8) is 0 Å². The van der Waals surface area contributed by atoms with Crippen molar-refractivity contribution in [3.05, 3.63) is 40.2 Å². The number of benzene rings is 1. The van der Waals surface area contributed by atoms with Gasteiger partial charge in [-0.3, -0.25) is 0 Å². The Labute approximate surface area is 136 Å². The molecule has 0 amide bonds. The van der Waals surface area contributed by atoms with Crippen LogP contribution >= 0.6 is 0 Å². The highest BCUT2D eigenvalue weighted by atomic mass is 16.7. The molecule has 5 atom stereocenters. The van der Waals surface area contributed by atoms with Gasteiger partial charge < -0.3 is 34.3 Å². The number of ether oxygens (including phenoxy) is 2. The highest BCUT2D eigenvalue weighted by Gasteiger charge is 2.44. The van der Waals surface area contributed by atoms with E-state index in [1.165, 1.54) is 12.1 Å². The van der Waals surface area contributed by atoms with E-state index in [0.717, 1.165) is 0 Å². The van der Waals surface area contributed by atoms with Gasteiger partial charge in [0.05, 0.1) is 6.61 Å². The number of fused-ring (bicyclic) bond motifs is 1. The lowest BCUT2D eigenvalue weighted by Gasteiger charge is -2.39. The van der Waals surface area contributed by atoms with E-state index in [2.05, 4.69) is 0 Å². The van der Waals surface area contributed by atoms with E-state index in [9.17, 15) is 25.2 Å². The Kier molecular flexibility index (Phi) is 4.57. The molecule has 2 unspecified atom stereocenters. The molecule has 0 spiro atoms. The molecule has 3 rings (SSSR count). The van der Waals surface area contributed by atoms with Gasteiger partial charge in [-0.2, -0.15) is 0 Å². The first-order chi connectivity index (χ1) is 11.4. The van der Waals surface area contributed by atoms with Gasteiger partial charge in [0.15, 0.2) is 0 Å². The topological polar surface area (TPSA) is 130 Å². The van der Waals surface area contributed by atoms with E-state index < -0.39 is 42.9 Å². The van der Waals surface area contributed by atoms with Gasteiger partial charge in [-0.05, 0) is 30.7 Å². The van der Waals surface area contributed by atoms with Gasteiger partial charge in [0, 0.05) is 11.5 Å². The molecule has 8 nitrogen and oxygen atoms in total. The maximum Gasteiger partial charge on any atom is 0.336 e. The van der Waals surface area contributed by atoms with E-state index in [1.807, 2.05) is 0 Å². The third-order valence-corrected chi connectivity index (χ3v) is 4.02. The number of hydrogen-bond donors (Lipinski definition) is 4. The molecule has 2 heterocycles. The van der Waals surface area contributed by atoms with E-state index in [4.69, 9.17) is 13.9 Å². The molecule has 0 saturated carbocycles. The van der Waals surface area contributed by atoms with E-state index in [1.54, 1.807) is 19.1 Å². The summed E-state index contributed by atoms with van der Waals surface area (Å²) < 4.78 is 15.9. The molecule has 24 heavy (non-hydrogen) atoms. The van der Waals surface area contributed by atoms with Crippen molar-refractivity contribution in [2.75, 3.05) is 6.61 Å². The normalized spacial score (nSPS) is 30.5. The van der Waals surface area contributed by atoms with Crippen molar-refractivity contribution in [2.45, 2.75) is 37.6 Å². The van der Waals surface area contributed by atoms with Crippen LogP contribution in [0.2, 0.25) is 0 Å². The first-order valence-electron chi connectivity index (χ1n) is 7.42. The van der Waals surface area contributed by atoms with Gasteiger partial charge >= 0.3 is 5.63 Å². The van der Waals surface area contributed by atoms with Crippen molar-refractivity contribution in [2.24, 2.45) is 0 Å². The summed E-state index contributed by atoms with van der Waals surface area (Å²) in [5.41, 5.74) is 0.629. The quantitative estimate of drug-likeness (QED) is 0.540. The van der Waals surface area contributed by atoms with Gasteiger partial charge in [-0.25, -0.2) is 4.79 Å². The van der Waals surface area contributed by atoms with Crippen molar-refractivity contribution < 1.29 is 34.3 Å². The van der Waals surface area contributed by atoms with Crippen molar-refractivity contribution in [1.29, 1.82) is 0 Å². The first kappa shape index (κ1) is 16.9. The lowest BCUT2D eigenvalue weighted by molar-refractivity contribution is -0.277. The number of hydrogen-bond acceptors (Lipinski definition) is 8. The first-order valence-corrected chi connectivity index (χ1v) is 7.42. The fraction of sp³-hybridized carbons (Fsp3) is 0.438. The Morgan fingerprint density at radius 3 is 2.58 bits per heavy atom. The van der Waals surface area contributed by atoms with E-state index in [-0.39, 0.29) is 0 Å². The molecule has 0 bridgehead atoms. The van der Waals surface area contributed by atoms with Gasteiger partial charge in [0.1, 0.15) is 35.7 Å². The summed E-state index contributed by atoms with van der Waals surface area (Å²) in [5, 5.41) is 39.3. The summed E-state index contributed by atoms with van der Waals surface area (Å²) in [7, 11) is 0. The minimum atomic E-state index is -1.51. The minimum absolute atomic E-state index is 0.309. The standard InChI is InChI=1S/C16H18O8/c1-7-4-12(18)23-10-3-2-8(5-9(7)10)22-16-15(21)14(20)13(19)11(6-17)24-16/h2-5,11,13-17,19-21H,6H2,1H3/t11?,13-,14+,15?,16-/m1/s1. The van der Waals surface area contributed by atoms with Crippen molar-refractivity contribution >= 4 is 11.0 Å². The summed E-state index contributed by atoms with van der Waals surface area (Å²) in [6, 6.07) is 6.02.